The second kappa shape index (κ2) is 5.90. The zero-order valence-corrected chi connectivity index (χ0v) is 7.81. The van der Waals surface area contributed by atoms with E-state index in [0.717, 1.165) is 31.5 Å². The van der Waals surface area contributed by atoms with Crippen LogP contribution in [0, 0.1) is 0 Å². The van der Waals surface area contributed by atoms with Crippen molar-refractivity contribution in [3.63, 3.8) is 0 Å². The molecular weight excluding hydrogens is 184 g/mol. The van der Waals surface area contributed by atoms with E-state index in [4.69, 9.17) is 5.73 Å². The van der Waals surface area contributed by atoms with Crippen LogP contribution in [0.4, 0.5) is 4.79 Å². The van der Waals surface area contributed by atoms with Crippen molar-refractivity contribution in [1.29, 1.82) is 0 Å². The number of tetrazole rings is 1. The number of unbranched alkanes of at least 4 members (excludes halogenated alkanes) is 2. The van der Waals surface area contributed by atoms with Gasteiger partial charge in [0.2, 0.25) is 0 Å². The zero-order chi connectivity index (χ0) is 10.2. The van der Waals surface area contributed by atoms with Crippen molar-refractivity contribution in [3.8, 4) is 0 Å². The number of nitrogens with zero attached hydrogens (tertiary/aromatic N) is 4. The number of amides is 2. The minimum Gasteiger partial charge on any atom is -0.350 e. The Morgan fingerprint density at radius 3 is 2.93 bits per heavy atom. The first-order valence-corrected chi connectivity index (χ1v) is 4.48. The summed E-state index contributed by atoms with van der Waals surface area (Å²) >= 11 is 0. The molecule has 0 aliphatic rings. The first-order valence-electron chi connectivity index (χ1n) is 4.48. The van der Waals surface area contributed by atoms with Gasteiger partial charge in [-0.3, -0.25) is 0 Å². The molecule has 1 aromatic rings. The molecule has 0 fully saturated rings. The average molecular weight is 197 g/mol. The third kappa shape index (κ3) is 4.39. The van der Waals surface area contributed by atoms with E-state index in [1.165, 1.54) is 0 Å². The van der Waals surface area contributed by atoms with E-state index in [9.17, 15) is 4.79 Å². The highest BCUT2D eigenvalue weighted by Gasteiger charge is 1.98. The van der Waals surface area contributed by atoms with Gasteiger partial charge in [0.25, 0.3) is 0 Å². The van der Waals surface area contributed by atoms with Crippen molar-refractivity contribution in [2.75, 3.05) is 6.54 Å². The van der Waals surface area contributed by atoms with Crippen LogP contribution in [-0.2, 0) is 6.42 Å². The number of hydrogen-bond donors (Lipinski definition) is 2. The predicted molar refractivity (Wildman–Crippen MR) is 48.3 cm³/mol. The molecule has 3 N–H and O–H groups in total. The highest BCUT2D eigenvalue weighted by Crippen LogP contribution is 1.99. The van der Waals surface area contributed by atoms with E-state index < -0.39 is 6.03 Å². The molecule has 14 heavy (non-hydrogen) atoms. The number of carbonyl (C=O) groups excluding carboxylic acids is 1. The Kier molecular flexibility index (Phi) is 4.39. The molecule has 0 atom stereocenters. The van der Waals surface area contributed by atoms with Crippen LogP contribution in [0.15, 0.2) is 0 Å². The number of primary amides is 1. The highest BCUT2D eigenvalue weighted by molar-refractivity contribution is 5.71. The van der Waals surface area contributed by atoms with Crippen LogP contribution < -0.4 is 11.1 Å². The Hall–Kier alpha value is -1.66. The summed E-state index contributed by atoms with van der Waals surface area (Å²) in [5.41, 5.74) is 4.85. The summed E-state index contributed by atoms with van der Waals surface area (Å²) in [6, 6.07) is -0.594. The Labute approximate surface area is 81.4 Å². The van der Waals surface area contributed by atoms with Crippen LogP contribution >= 0.6 is 0 Å². The first kappa shape index (κ1) is 10.4. The number of H-pyrrole nitrogens is 1. The van der Waals surface area contributed by atoms with Gasteiger partial charge in [-0.2, -0.15) is 5.21 Å². The zero-order valence-electron chi connectivity index (χ0n) is 7.81. The lowest BCUT2D eigenvalue weighted by Gasteiger charge is -1.97. The van der Waals surface area contributed by atoms with Crippen LogP contribution in [0.1, 0.15) is 25.1 Å². The van der Waals surface area contributed by atoms with Gasteiger partial charge < -0.3 is 5.73 Å². The number of carbonyl (C=O) groups is 1. The van der Waals surface area contributed by atoms with Gasteiger partial charge in [-0.15, -0.1) is 10.2 Å². The van der Waals surface area contributed by atoms with Gasteiger partial charge in [0.1, 0.15) is 0 Å². The van der Waals surface area contributed by atoms with Gasteiger partial charge in [0, 0.05) is 13.0 Å². The van der Waals surface area contributed by atoms with Crippen molar-refractivity contribution in [2.45, 2.75) is 25.7 Å². The molecule has 7 heteroatoms. The van der Waals surface area contributed by atoms with Crippen molar-refractivity contribution in [3.05, 3.63) is 5.82 Å². The Morgan fingerprint density at radius 2 is 2.29 bits per heavy atom. The van der Waals surface area contributed by atoms with Crippen molar-refractivity contribution in [1.82, 2.24) is 25.9 Å². The van der Waals surface area contributed by atoms with Gasteiger partial charge in [0.05, 0.1) is 0 Å². The number of aryl methyl sites for hydroxylation is 1. The first-order chi connectivity index (χ1) is 6.79. The van der Waals surface area contributed by atoms with Crippen LogP contribution in [0.25, 0.3) is 0 Å². The van der Waals surface area contributed by atoms with Crippen molar-refractivity contribution in [2.24, 2.45) is 5.73 Å². The molecular formula is C7H13N6O. The van der Waals surface area contributed by atoms with Crippen molar-refractivity contribution < 1.29 is 4.79 Å². The molecule has 0 saturated carbocycles. The lowest BCUT2D eigenvalue weighted by Crippen LogP contribution is -2.23. The van der Waals surface area contributed by atoms with E-state index in [1.807, 2.05) is 0 Å². The number of urea groups is 1. The molecule has 77 valence electrons. The molecule has 0 spiro atoms. The molecule has 1 heterocycles. The molecule has 0 bridgehead atoms. The summed E-state index contributed by atoms with van der Waals surface area (Å²) in [5.74, 6) is 0.719. The minimum atomic E-state index is -0.594. The van der Waals surface area contributed by atoms with E-state index in [2.05, 4.69) is 25.9 Å². The van der Waals surface area contributed by atoms with E-state index in [0.29, 0.717) is 6.54 Å². The predicted octanol–water partition coefficient (Wildman–Crippen LogP) is -0.404. The van der Waals surface area contributed by atoms with Gasteiger partial charge in [-0.1, -0.05) is 11.6 Å². The maximum Gasteiger partial charge on any atom is 0.333 e. The molecule has 0 saturated heterocycles. The van der Waals surface area contributed by atoms with Crippen LogP contribution in [0.5, 0.6) is 0 Å². The number of hydrogen-bond acceptors (Lipinski definition) is 4. The molecule has 2 amide bonds. The van der Waals surface area contributed by atoms with Gasteiger partial charge in [-0.25, -0.2) is 10.1 Å². The third-order valence-corrected chi connectivity index (χ3v) is 1.72. The molecule has 1 aromatic heterocycles. The number of nitrogens with one attached hydrogen (secondary N) is 1. The lowest BCUT2D eigenvalue weighted by atomic mass is 10.2. The SMILES string of the molecule is NC(=O)[N]CCCCCc1nn[nH]n1. The van der Waals surface area contributed by atoms with Crippen LogP contribution in [-0.4, -0.2) is 33.2 Å². The van der Waals surface area contributed by atoms with Gasteiger partial charge in [0.15, 0.2) is 5.82 Å². The Morgan fingerprint density at radius 1 is 1.43 bits per heavy atom. The molecule has 1 rings (SSSR count). The summed E-state index contributed by atoms with van der Waals surface area (Å²) in [4.78, 5) is 10.2. The average Bonchev–Trinajstić information content (AvgIpc) is 2.63. The summed E-state index contributed by atoms with van der Waals surface area (Å²) in [5, 5.41) is 17.0. The molecule has 0 aromatic carbocycles. The van der Waals surface area contributed by atoms with Crippen molar-refractivity contribution >= 4 is 6.03 Å². The van der Waals surface area contributed by atoms with Gasteiger partial charge >= 0.3 is 6.03 Å². The summed E-state index contributed by atoms with van der Waals surface area (Å²) in [6.07, 6.45) is 3.60. The Bertz CT molecular complexity index is 259. The molecule has 7 nitrogen and oxygen atoms in total. The normalized spacial score (nSPS) is 10.0. The fourth-order valence-corrected chi connectivity index (χ4v) is 1.05. The van der Waals surface area contributed by atoms with Gasteiger partial charge in [-0.05, 0) is 12.8 Å². The molecule has 0 aliphatic carbocycles. The van der Waals surface area contributed by atoms with E-state index >= 15 is 0 Å². The topological polar surface area (TPSA) is 112 Å². The Balaban J connectivity index is 1.92. The monoisotopic (exact) mass is 197 g/mol. The number of aromatic nitrogens is 4. The number of rotatable bonds is 6. The maximum absolute atomic E-state index is 10.2. The standard InChI is InChI=1S/C7H13N6O/c8-7(14)9-5-3-1-2-4-6-10-12-13-11-6/h1-5H2,(H2,8,14)(H,10,11,12,13). The van der Waals surface area contributed by atoms with E-state index in [1.54, 1.807) is 0 Å². The summed E-state index contributed by atoms with van der Waals surface area (Å²) in [6.45, 7) is 0.502. The second-order valence-corrected chi connectivity index (χ2v) is 2.86. The third-order valence-electron chi connectivity index (χ3n) is 1.72. The second-order valence-electron chi connectivity index (χ2n) is 2.86. The van der Waals surface area contributed by atoms with Crippen LogP contribution in [0.3, 0.4) is 0 Å². The minimum absolute atomic E-state index is 0.502. The smallest absolute Gasteiger partial charge is 0.333 e. The fraction of sp³-hybridized carbons (Fsp3) is 0.714. The van der Waals surface area contributed by atoms with Crippen LogP contribution in [0.2, 0.25) is 0 Å². The fourth-order valence-electron chi connectivity index (χ4n) is 1.05. The maximum atomic E-state index is 10.2. The number of aromatic amines is 1. The lowest BCUT2D eigenvalue weighted by molar-refractivity contribution is 0.248. The summed E-state index contributed by atoms with van der Waals surface area (Å²) < 4.78 is 0. The molecule has 0 aliphatic heterocycles. The summed E-state index contributed by atoms with van der Waals surface area (Å²) in [7, 11) is 0. The largest absolute Gasteiger partial charge is 0.350 e. The highest BCUT2D eigenvalue weighted by atomic mass is 16.2. The number of nitrogens with two attached hydrogens (primary N) is 1. The molecule has 0 unspecified atom stereocenters. The quantitative estimate of drug-likeness (QED) is 0.604. The van der Waals surface area contributed by atoms with E-state index in [-0.39, 0.29) is 0 Å². The molecule has 1 radical (unpaired) electrons.